The van der Waals surface area contributed by atoms with Gasteiger partial charge in [0.1, 0.15) is 6.61 Å². The third-order valence-electron chi connectivity index (χ3n) is 2.63. The molecule has 1 rings (SSSR count). The van der Waals surface area contributed by atoms with E-state index >= 15 is 0 Å². The second-order valence-electron chi connectivity index (χ2n) is 4.58. The maximum atomic E-state index is 11.8. The van der Waals surface area contributed by atoms with Crippen LogP contribution < -0.4 is 21.5 Å². The minimum atomic E-state index is -3.35. The molecule has 0 saturated carbocycles. The number of nitrogens with two attached hydrogens (primary N) is 2. The van der Waals surface area contributed by atoms with Gasteiger partial charge in [-0.15, -0.1) is 0 Å². The zero-order valence-electron chi connectivity index (χ0n) is 12.8. The summed E-state index contributed by atoms with van der Waals surface area (Å²) in [5, 5.41) is 5.95. The molecule has 0 aliphatic carbocycles. The zero-order chi connectivity index (χ0) is 17.3. The lowest BCUT2D eigenvalue weighted by molar-refractivity contribution is -0.120. The predicted molar refractivity (Wildman–Crippen MR) is 88.0 cm³/mol. The molecule has 23 heavy (non-hydrogen) atoms. The molecule has 10 heteroatoms. The first kappa shape index (κ1) is 18.6. The number of carbonyl (C=O) groups excluding carboxylic acids is 1. The van der Waals surface area contributed by atoms with Crippen LogP contribution in [0, 0.1) is 0 Å². The fraction of sp³-hybridized carbons (Fsp3) is 0.385. The highest BCUT2D eigenvalue weighted by Crippen LogP contribution is 2.13. The van der Waals surface area contributed by atoms with E-state index in [0.29, 0.717) is 11.3 Å². The summed E-state index contributed by atoms with van der Waals surface area (Å²) < 4.78 is 25.5. The van der Waals surface area contributed by atoms with Crippen molar-refractivity contribution in [2.24, 2.45) is 16.6 Å². The van der Waals surface area contributed by atoms with Crippen LogP contribution in [0.3, 0.4) is 0 Å². The molecule has 0 atom stereocenters. The van der Waals surface area contributed by atoms with Gasteiger partial charge in [-0.05, 0) is 29.8 Å². The van der Waals surface area contributed by atoms with Crippen LogP contribution in [-0.2, 0) is 26.1 Å². The Morgan fingerprint density at radius 1 is 1.35 bits per heavy atom. The second-order valence-corrected chi connectivity index (χ2v) is 6.59. The number of benzene rings is 1. The number of hydrogen-bond donors (Lipinski definition) is 4. The van der Waals surface area contributed by atoms with Gasteiger partial charge in [0, 0.05) is 5.69 Å². The summed E-state index contributed by atoms with van der Waals surface area (Å²) in [6.45, 7) is 1.93. The van der Waals surface area contributed by atoms with Crippen LogP contribution in [0.5, 0.6) is 0 Å². The fourth-order valence-corrected chi connectivity index (χ4v) is 2.23. The van der Waals surface area contributed by atoms with Crippen molar-refractivity contribution in [3.8, 4) is 0 Å². The van der Waals surface area contributed by atoms with E-state index in [0.717, 1.165) is 0 Å². The lowest BCUT2D eigenvalue weighted by Gasteiger charge is -2.08. The molecule has 0 aromatic heterocycles. The SMILES string of the molecule is CCS(=O)(=O)Nc1cccc(CC(=O)NCCON=C(N)N)c1. The number of carbonyl (C=O) groups is 1. The van der Waals surface area contributed by atoms with Gasteiger partial charge in [-0.3, -0.25) is 9.52 Å². The maximum absolute atomic E-state index is 11.8. The van der Waals surface area contributed by atoms with Gasteiger partial charge < -0.3 is 21.6 Å². The average Bonchev–Trinajstić information content (AvgIpc) is 2.46. The number of nitrogens with zero attached hydrogens (tertiary/aromatic N) is 1. The van der Waals surface area contributed by atoms with Crippen LogP contribution in [0.1, 0.15) is 12.5 Å². The highest BCUT2D eigenvalue weighted by Gasteiger charge is 2.08. The van der Waals surface area contributed by atoms with Crippen molar-refractivity contribution in [2.45, 2.75) is 13.3 Å². The quantitative estimate of drug-likeness (QED) is 0.202. The van der Waals surface area contributed by atoms with E-state index < -0.39 is 10.0 Å². The Labute approximate surface area is 135 Å². The van der Waals surface area contributed by atoms with Crippen molar-refractivity contribution in [2.75, 3.05) is 23.6 Å². The molecule has 1 aromatic carbocycles. The third kappa shape index (κ3) is 7.90. The van der Waals surface area contributed by atoms with Crippen molar-refractivity contribution in [1.29, 1.82) is 0 Å². The Hall–Kier alpha value is -2.49. The summed E-state index contributed by atoms with van der Waals surface area (Å²) in [7, 11) is -3.35. The van der Waals surface area contributed by atoms with E-state index in [1.165, 1.54) is 0 Å². The smallest absolute Gasteiger partial charge is 0.232 e. The van der Waals surface area contributed by atoms with Gasteiger partial charge in [-0.2, -0.15) is 0 Å². The van der Waals surface area contributed by atoms with E-state index in [1.807, 2.05) is 0 Å². The molecule has 0 radical (unpaired) electrons. The minimum Gasteiger partial charge on any atom is -0.391 e. The molecule has 0 aliphatic rings. The Bertz CT molecular complexity index is 656. The summed E-state index contributed by atoms with van der Waals surface area (Å²) in [5.74, 6) is -0.440. The molecule has 0 spiro atoms. The maximum Gasteiger partial charge on any atom is 0.232 e. The number of amides is 1. The molecule has 0 aliphatic heterocycles. The molecule has 0 saturated heterocycles. The molecule has 0 bridgehead atoms. The van der Waals surface area contributed by atoms with Crippen molar-refractivity contribution < 1.29 is 18.0 Å². The Morgan fingerprint density at radius 3 is 2.74 bits per heavy atom. The number of oxime groups is 1. The molecule has 0 unspecified atom stereocenters. The van der Waals surface area contributed by atoms with Crippen molar-refractivity contribution in [3.05, 3.63) is 29.8 Å². The lowest BCUT2D eigenvalue weighted by Crippen LogP contribution is -2.29. The van der Waals surface area contributed by atoms with Crippen molar-refractivity contribution >= 4 is 27.6 Å². The molecular weight excluding hydrogens is 322 g/mol. The van der Waals surface area contributed by atoms with E-state index in [9.17, 15) is 13.2 Å². The van der Waals surface area contributed by atoms with Gasteiger partial charge in [0.15, 0.2) is 0 Å². The van der Waals surface area contributed by atoms with Crippen LogP contribution in [-0.4, -0.2) is 39.2 Å². The fourth-order valence-electron chi connectivity index (χ4n) is 1.60. The molecule has 0 heterocycles. The number of hydrogen-bond acceptors (Lipinski definition) is 5. The first-order valence-corrected chi connectivity index (χ1v) is 8.54. The van der Waals surface area contributed by atoms with Crippen LogP contribution in [0.2, 0.25) is 0 Å². The predicted octanol–water partition coefficient (Wildman–Crippen LogP) is -0.688. The molecule has 9 nitrogen and oxygen atoms in total. The first-order valence-electron chi connectivity index (χ1n) is 6.89. The van der Waals surface area contributed by atoms with Gasteiger partial charge in [-0.1, -0.05) is 12.1 Å². The van der Waals surface area contributed by atoms with Gasteiger partial charge in [0.05, 0.1) is 18.7 Å². The Balaban J connectivity index is 2.48. The van der Waals surface area contributed by atoms with Crippen LogP contribution in [0.15, 0.2) is 29.4 Å². The second kappa shape index (κ2) is 8.83. The molecular formula is C13H21N5O4S. The molecule has 128 valence electrons. The average molecular weight is 343 g/mol. The van der Waals surface area contributed by atoms with Crippen LogP contribution in [0.4, 0.5) is 5.69 Å². The number of nitrogens with one attached hydrogen (secondary N) is 2. The third-order valence-corrected chi connectivity index (χ3v) is 3.94. The molecule has 1 aromatic rings. The highest BCUT2D eigenvalue weighted by atomic mass is 32.2. The standard InChI is InChI=1S/C13H21N5O4S/c1-2-23(20,21)18-11-5-3-4-10(8-11)9-12(19)16-6-7-22-17-13(14)15/h3-5,8,18H,2,6-7,9H2,1H3,(H,16,19)(H4,14,15,17). The van der Waals surface area contributed by atoms with Gasteiger partial charge in [0.25, 0.3) is 0 Å². The monoisotopic (exact) mass is 343 g/mol. The highest BCUT2D eigenvalue weighted by molar-refractivity contribution is 7.92. The van der Waals surface area contributed by atoms with Crippen molar-refractivity contribution in [3.63, 3.8) is 0 Å². The summed E-state index contributed by atoms with van der Waals surface area (Å²) in [6, 6.07) is 6.65. The summed E-state index contributed by atoms with van der Waals surface area (Å²) in [5.41, 5.74) is 11.3. The lowest BCUT2D eigenvalue weighted by atomic mass is 10.1. The first-order chi connectivity index (χ1) is 10.8. The summed E-state index contributed by atoms with van der Waals surface area (Å²) >= 11 is 0. The molecule has 0 fully saturated rings. The van der Waals surface area contributed by atoms with E-state index in [4.69, 9.17) is 16.3 Å². The normalized spacial score (nSPS) is 10.7. The van der Waals surface area contributed by atoms with E-state index in [-0.39, 0.29) is 37.2 Å². The van der Waals surface area contributed by atoms with Crippen molar-refractivity contribution in [1.82, 2.24) is 5.32 Å². The number of sulfonamides is 1. The van der Waals surface area contributed by atoms with E-state index in [2.05, 4.69) is 15.2 Å². The van der Waals surface area contributed by atoms with E-state index in [1.54, 1.807) is 31.2 Å². The minimum absolute atomic E-state index is 0.0203. The van der Waals surface area contributed by atoms with Gasteiger partial charge in [-0.25, -0.2) is 8.42 Å². The Morgan fingerprint density at radius 2 is 2.09 bits per heavy atom. The van der Waals surface area contributed by atoms with Gasteiger partial charge in [0.2, 0.25) is 21.9 Å². The van der Waals surface area contributed by atoms with Crippen LogP contribution in [0.25, 0.3) is 0 Å². The topological polar surface area (TPSA) is 149 Å². The zero-order valence-corrected chi connectivity index (χ0v) is 13.6. The summed E-state index contributed by atoms with van der Waals surface area (Å²) in [6.07, 6.45) is 0.115. The summed E-state index contributed by atoms with van der Waals surface area (Å²) in [4.78, 5) is 16.5. The number of rotatable bonds is 9. The molecule has 6 N–H and O–H groups in total. The van der Waals surface area contributed by atoms with Gasteiger partial charge >= 0.3 is 0 Å². The Kier molecular flexibility index (Phi) is 7.13. The van der Waals surface area contributed by atoms with Crippen LogP contribution >= 0.6 is 0 Å². The number of anilines is 1. The largest absolute Gasteiger partial charge is 0.391 e. The molecule has 1 amide bonds. The number of guanidine groups is 1.